The van der Waals surface area contributed by atoms with Crippen LogP contribution in [0.15, 0.2) is 17.6 Å². The van der Waals surface area contributed by atoms with Crippen molar-refractivity contribution in [3.05, 3.63) is 22.7 Å². The molecule has 2 N–H and O–H groups in total. The molecule has 1 saturated heterocycles. The minimum atomic E-state index is 0.596. The molecule has 2 aromatic rings. The van der Waals surface area contributed by atoms with E-state index in [1.54, 1.807) is 24.6 Å². The Kier molecular flexibility index (Phi) is 6.86. The van der Waals surface area contributed by atoms with Gasteiger partial charge < -0.3 is 20.1 Å². The standard InChI is InChI=1S/C17H23ClN4O2S/c1-23-7-4-19-16-8-13(14(18)10-20-16)15-11-25-17(22-15)21-9-12-2-5-24-6-3-12/h8,10-12H,2-7,9H2,1H3,(H,19,20)(H,21,22). The molecule has 0 radical (unpaired) electrons. The lowest BCUT2D eigenvalue weighted by Gasteiger charge is -2.21. The summed E-state index contributed by atoms with van der Waals surface area (Å²) in [4.78, 5) is 8.96. The molecule has 1 fully saturated rings. The van der Waals surface area contributed by atoms with Crippen LogP contribution in [0.5, 0.6) is 0 Å². The summed E-state index contributed by atoms with van der Waals surface area (Å²) >= 11 is 7.91. The van der Waals surface area contributed by atoms with E-state index in [0.717, 1.165) is 54.8 Å². The van der Waals surface area contributed by atoms with Gasteiger partial charge in [0.1, 0.15) is 5.82 Å². The lowest BCUT2D eigenvalue weighted by Crippen LogP contribution is -2.22. The summed E-state index contributed by atoms with van der Waals surface area (Å²) in [6.45, 7) is 3.97. The number of thiazole rings is 1. The maximum absolute atomic E-state index is 6.32. The Morgan fingerprint density at radius 1 is 1.36 bits per heavy atom. The SMILES string of the molecule is COCCNc1cc(-c2csc(NCC3CCOCC3)n2)c(Cl)cn1. The molecule has 0 spiro atoms. The normalized spacial score (nSPS) is 15.3. The first-order chi connectivity index (χ1) is 12.3. The van der Waals surface area contributed by atoms with Gasteiger partial charge in [-0.05, 0) is 24.8 Å². The van der Waals surface area contributed by atoms with Gasteiger partial charge in [-0.2, -0.15) is 0 Å². The predicted molar refractivity (Wildman–Crippen MR) is 103 cm³/mol. The lowest BCUT2D eigenvalue weighted by molar-refractivity contribution is 0.0699. The Morgan fingerprint density at radius 3 is 3.00 bits per heavy atom. The van der Waals surface area contributed by atoms with Gasteiger partial charge in [-0.3, -0.25) is 0 Å². The second kappa shape index (κ2) is 9.33. The molecule has 0 bridgehead atoms. The van der Waals surface area contributed by atoms with Gasteiger partial charge in [-0.1, -0.05) is 11.6 Å². The smallest absolute Gasteiger partial charge is 0.183 e. The summed E-state index contributed by atoms with van der Waals surface area (Å²) < 4.78 is 10.4. The van der Waals surface area contributed by atoms with Crippen LogP contribution in [0.3, 0.4) is 0 Å². The van der Waals surface area contributed by atoms with Crippen molar-refractivity contribution in [2.24, 2.45) is 5.92 Å². The van der Waals surface area contributed by atoms with E-state index >= 15 is 0 Å². The minimum Gasteiger partial charge on any atom is -0.383 e. The first-order valence-electron chi connectivity index (χ1n) is 8.42. The molecule has 3 rings (SSSR count). The Balaban J connectivity index is 1.63. The second-order valence-corrected chi connectivity index (χ2v) is 7.21. The van der Waals surface area contributed by atoms with E-state index < -0.39 is 0 Å². The molecule has 1 aliphatic rings. The third-order valence-electron chi connectivity index (χ3n) is 4.13. The van der Waals surface area contributed by atoms with Gasteiger partial charge >= 0.3 is 0 Å². The number of nitrogens with zero attached hydrogens (tertiary/aromatic N) is 2. The molecule has 25 heavy (non-hydrogen) atoms. The maximum Gasteiger partial charge on any atom is 0.183 e. The highest BCUT2D eigenvalue weighted by Crippen LogP contribution is 2.32. The summed E-state index contributed by atoms with van der Waals surface area (Å²) in [5, 5.41) is 10.2. The van der Waals surface area contributed by atoms with Crippen LogP contribution in [0.1, 0.15) is 12.8 Å². The molecule has 0 aromatic carbocycles. The topological polar surface area (TPSA) is 68.3 Å². The molecule has 3 heterocycles. The van der Waals surface area contributed by atoms with E-state index in [0.29, 0.717) is 24.1 Å². The van der Waals surface area contributed by atoms with Gasteiger partial charge in [-0.15, -0.1) is 11.3 Å². The number of rotatable bonds is 8. The average molecular weight is 383 g/mol. The van der Waals surface area contributed by atoms with Crippen LogP contribution < -0.4 is 10.6 Å². The minimum absolute atomic E-state index is 0.596. The molecule has 0 amide bonds. The third kappa shape index (κ3) is 5.28. The summed E-state index contributed by atoms with van der Waals surface area (Å²) in [7, 11) is 1.67. The van der Waals surface area contributed by atoms with Crippen LogP contribution in [0.2, 0.25) is 5.02 Å². The van der Waals surface area contributed by atoms with E-state index in [9.17, 15) is 0 Å². The molecule has 6 nitrogen and oxygen atoms in total. The van der Waals surface area contributed by atoms with E-state index in [-0.39, 0.29) is 0 Å². The van der Waals surface area contributed by atoms with Crippen molar-refractivity contribution in [2.45, 2.75) is 12.8 Å². The van der Waals surface area contributed by atoms with Crippen molar-refractivity contribution in [1.29, 1.82) is 0 Å². The molecule has 0 saturated carbocycles. The highest BCUT2D eigenvalue weighted by Gasteiger charge is 2.15. The van der Waals surface area contributed by atoms with E-state index in [2.05, 4.69) is 20.6 Å². The molecule has 136 valence electrons. The van der Waals surface area contributed by atoms with Crippen molar-refractivity contribution >= 4 is 33.9 Å². The number of methoxy groups -OCH3 is 1. The summed E-state index contributed by atoms with van der Waals surface area (Å²) in [6, 6.07) is 1.93. The number of halogens is 1. The third-order valence-corrected chi connectivity index (χ3v) is 5.23. The molecule has 0 aliphatic carbocycles. The summed E-state index contributed by atoms with van der Waals surface area (Å²) in [5.41, 5.74) is 1.74. The van der Waals surface area contributed by atoms with Crippen molar-refractivity contribution in [3.63, 3.8) is 0 Å². The largest absolute Gasteiger partial charge is 0.383 e. The van der Waals surface area contributed by atoms with Crippen LogP contribution in [0.25, 0.3) is 11.3 Å². The Morgan fingerprint density at radius 2 is 2.20 bits per heavy atom. The van der Waals surface area contributed by atoms with E-state index in [4.69, 9.17) is 21.1 Å². The molecular formula is C17H23ClN4O2S. The highest BCUT2D eigenvalue weighted by molar-refractivity contribution is 7.14. The van der Waals surface area contributed by atoms with Gasteiger partial charge in [-0.25, -0.2) is 9.97 Å². The molecule has 1 aliphatic heterocycles. The maximum atomic E-state index is 6.32. The van der Waals surface area contributed by atoms with Gasteiger partial charge in [0.15, 0.2) is 5.13 Å². The number of pyridine rings is 1. The lowest BCUT2D eigenvalue weighted by atomic mass is 10.0. The molecular weight excluding hydrogens is 360 g/mol. The fraction of sp³-hybridized carbons (Fsp3) is 0.529. The number of hydrogen-bond acceptors (Lipinski definition) is 7. The van der Waals surface area contributed by atoms with Crippen molar-refractivity contribution < 1.29 is 9.47 Å². The number of ether oxygens (including phenoxy) is 2. The Hall–Kier alpha value is -1.41. The fourth-order valence-electron chi connectivity index (χ4n) is 2.67. The predicted octanol–water partition coefficient (Wildman–Crippen LogP) is 3.76. The van der Waals surface area contributed by atoms with Gasteiger partial charge in [0.25, 0.3) is 0 Å². The Labute approximate surface area is 156 Å². The molecule has 8 heteroatoms. The quantitative estimate of drug-likeness (QED) is 0.677. The number of aromatic nitrogens is 2. The number of hydrogen-bond donors (Lipinski definition) is 2. The second-order valence-electron chi connectivity index (χ2n) is 5.94. The zero-order valence-electron chi connectivity index (χ0n) is 14.3. The van der Waals surface area contributed by atoms with Crippen LogP contribution in [-0.4, -0.2) is 50.0 Å². The van der Waals surface area contributed by atoms with Gasteiger partial charge in [0.05, 0.1) is 17.3 Å². The van der Waals surface area contributed by atoms with Crippen LogP contribution in [0.4, 0.5) is 10.9 Å². The van der Waals surface area contributed by atoms with E-state index in [1.807, 2.05) is 11.4 Å². The van der Waals surface area contributed by atoms with Crippen molar-refractivity contribution in [2.75, 3.05) is 50.7 Å². The van der Waals surface area contributed by atoms with Crippen molar-refractivity contribution in [3.8, 4) is 11.3 Å². The first kappa shape index (κ1) is 18.4. The van der Waals surface area contributed by atoms with Crippen LogP contribution in [0, 0.1) is 5.92 Å². The Bertz CT molecular complexity index is 676. The van der Waals surface area contributed by atoms with Crippen LogP contribution >= 0.6 is 22.9 Å². The number of nitrogens with one attached hydrogen (secondary N) is 2. The molecule has 2 aromatic heterocycles. The van der Waals surface area contributed by atoms with Crippen molar-refractivity contribution in [1.82, 2.24) is 9.97 Å². The zero-order valence-corrected chi connectivity index (χ0v) is 15.8. The summed E-state index contributed by atoms with van der Waals surface area (Å²) in [5.74, 6) is 1.42. The fourth-order valence-corrected chi connectivity index (χ4v) is 3.59. The van der Waals surface area contributed by atoms with Crippen LogP contribution in [-0.2, 0) is 9.47 Å². The highest BCUT2D eigenvalue weighted by atomic mass is 35.5. The monoisotopic (exact) mass is 382 g/mol. The first-order valence-corrected chi connectivity index (χ1v) is 9.68. The average Bonchev–Trinajstić information content (AvgIpc) is 3.11. The number of anilines is 2. The molecule has 0 unspecified atom stereocenters. The van der Waals surface area contributed by atoms with Gasteiger partial charge in [0.2, 0.25) is 0 Å². The molecule has 0 atom stereocenters. The zero-order chi connectivity index (χ0) is 17.5. The summed E-state index contributed by atoms with van der Waals surface area (Å²) in [6.07, 6.45) is 3.87. The van der Waals surface area contributed by atoms with Gasteiger partial charge in [0, 0.05) is 50.6 Å². The van der Waals surface area contributed by atoms with E-state index in [1.165, 1.54) is 0 Å².